The first-order valence-corrected chi connectivity index (χ1v) is 10.2. The first-order valence-electron chi connectivity index (χ1n) is 9.32. The molecule has 2 bridgehead atoms. The second-order valence-electron chi connectivity index (χ2n) is 7.77. The second-order valence-corrected chi connectivity index (χ2v) is 8.93. The lowest BCUT2D eigenvalue weighted by Gasteiger charge is -2.50. The largest absolute Gasteiger partial charge is 0.333 e. The van der Waals surface area contributed by atoms with Crippen LogP contribution in [0.3, 0.4) is 0 Å². The minimum Gasteiger partial charge on any atom is -0.333 e. The van der Waals surface area contributed by atoms with Crippen molar-refractivity contribution in [3.05, 3.63) is 24.3 Å². The van der Waals surface area contributed by atoms with Gasteiger partial charge in [-0.2, -0.15) is 0 Å². The van der Waals surface area contributed by atoms with Crippen LogP contribution in [0.15, 0.2) is 29.2 Å². The molecule has 0 spiro atoms. The van der Waals surface area contributed by atoms with Gasteiger partial charge in [0.25, 0.3) is 0 Å². The topological polar surface area (TPSA) is 35.6 Å². The summed E-state index contributed by atoms with van der Waals surface area (Å²) >= 11 is 1.88. The van der Waals surface area contributed by atoms with Gasteiger partial charge < -0.3 is 5.32 Å². The summed E-state index contributed by atoms with van der Waals surface area (Å²) in [5.41, 5.74) is 1.10. The SMILES string of the molecule is C[C@H]1[C@H](NC(=O)N2c3ccccc3SC2C2CC2)C2CCN1CC2. The number of rotatable bonds is 2. The van der Waals surface area contributed by atoms with Crippen molar-refractivity contribution in [1.29, 1.82) is 0 Å². The minimum atomic E-state index is 0.120. The molecule has 1 saturated carbocycles. The van der Waals surface area contributed by atoms with E-state index in [0.717, 1.165) is 5.69 Å². The Kier molecular flexibility index (Phi) is 3.56. The highest BCUT2D eigenvalue weighted by molar-refractivity contribution is 8.00. The number of fused-ring (bicyclic) bond motifs is 4. The van der Waals surface area contributed by atoms with Crippen LogP contribution in [0.1, 0.15) is 32.6 Å². The molecule has 6 rings (SSSR count). The van der Waals surface area contributed by atoms with Gasteiger partial charge in [-0.15, -0.1) is 0 Å². The summed E-state index contributed by atoms with van der Waals surface area (Å²) in [6.45, 7) is 4.68. The molecule has 3 atom stereocenters. The number of anilines is 1. The van der Waals surface area contributed by atoms with Crippen LogP contribution in [0.25, 0.3) is 0 Å². The molecule has 1 N–H and O–H groups in total. The number of nitrogens with zero attached hydrogens (tertiary/aromatic N) is 2. The average Bonchev–Trinajstić information content (AvgIpc) is 3.38. The number of hydrogen-bond acceptors (Lipinski definition) is 3. The van der Waals surface area contributed by atoms with Crippen molar-refractivity contribution in [1.82, 2.24) is 10.2 Å². The predicted molar refractivity (Wildman–Crippen MR) is 97.4 cm³/mol. The Morgan fingerprint density at radius 2 is 1.88 bits per heavy atom. The standard InChI is InChI=1S/C19H25N3OS/c1-12-17(13-8-10-21(12)11-9-13)20-19(23)22-15-4-2-3-5-16(15)24-18(22)14-6-7-14/h2-5,12-14,17-18H,6-11H2,1H3,(H,20,23)/t12-,17-,18?/m0/s1. The lowest BCUT2D eigenvalue weighted by molar-refractivity contribution is 0.0270. The zero-order valence-corrected chi connectivity index (χ0v) is 15.0. The monoisotopic (exact) mass is 343 g/mol. The number of carbonyl (C=O) groups excluding carboxylic acids is 1. The number of carbonyl (C=O) groups is 1. The smallest absolute Gasteiger partial charge is 0.323 e. The van der Waals surface area contributed by atoms with E-state index >= 15 is 0 Å². The molecule has 2 amide bonds. The highest BCUT2D eigenvalue weighted by Gasteiger charge is 2.46. The van der Waals surface area contributed by atoms with Crippen molar-refractivity contribution in [2.24, 2.45) is 11.8 Å². The van der Waals surface area contributed by atoms with Gasteiger partial charge in [-0.25, -0.2) is 4.79 Å². The van der Waals surface area contributed by atoms with Crippen molar-refractivity contribution in [3.8, 4) is 0 Å². The number of amides is 2. The molecule has 5 aliphatic rings. The molecule has 128 valence electrons. The lowest BCUT2D eigenvalue weighted by atomic mass is 9.79. The predicted octanol–water partition coefficient (Wildman–Crippen LogP) is 3.53. The second kappa shape index (κ2) is 5.67. The van der Waals surface area contributed by atoms with Crippen LogP contribution in [0.4, 0.5) is 10.5 Å². The first-order chi connectivity index (χ1) is 11.7. The summed E-state index contributed by atoms with van der Waals surface area (Å²) in [6, 6.07) is 9.27. The van der Waals surface area contributed by atoms with Gasteiger partial charge in [-0.1, -0.05) is 23.9 Å². The van der Waals surface area contributed by atoms with Gasteiger partial charge in [-0.3, -0.25) is 9.80 Å². The van der Waals surface area contributed by atoms with E-state index < -0.39 is 0 Å². The third kappa shape index (κ3) is 2.36. The summed E-state index contributed by atoms with van der Waals surface area (Å²) in [6.07, 6.45) is 4.97. The van der Waals surface area contributed by atoms with Crippen LogP contribution in [0.5, 0.6) is 0 Å². The van der Waals surface area contributed by atoms with Crippen molar-refractivity contribution in [2.75, 3.05) is 18.0 Å². The zero-order chi connectivity index (χ0) is 16.3. The van der Waals surface area contributed by atoms with Gasteiger partial charge in [0.05, 0.1) is 11.1 Å². The summed E-state index contributed by atoms with van der Waals surface area (Å²) in [5, 5.41) is 3.72. The van der Waals surface area contributed by atoms with Gasteiger partial charge in [0, 0.05) is 17.0 Å². The summed E-state index contributed by atoms with van der Waals surface area (Å²) in [4.78, 5) is 19.1. The van der Waals surface area contributed by atoms with E-state index in [9.17, 15) is 4.79 Å². The maximum atomic E-state index is 13.2. The number of thioether (sulfide) groups is 1. The highest BCUT2D eigenvalue weighted by atomic mass is 32.2. The highest BCUT2D eigenvalue weighted by Crippen LogP contribution is 2.52. The third-order valence-corrected chi connectivity index (χ3v) is 7.78. The van der Waals surface area contributed by atoms with Crippen LogP contribution in [0, 0.1) is 11.8 Å². The van der Waals surface area contributed by atoms with E-state index in [-0.39, 0.29) is 6.03 Å². The molecular formula is C19H25N3OS. The Hall–Kier alpha value is -1.20. The quantitative estimate of drug-likeness (QED) is 0.892. The Morgan fingerprint density at radius 1 is 1.12 bits per heavy atom. The molecule has 3 saturated heterocycles. The summed E-state index contributed by atoms with van der Waals surface area (Å²) < 4.78 is 0. The van der Waals surface area contributed by atoms with Crippen LogP contribution in [-0.4, -0.2) is 41.5 Å². The molecule has 4 aliphatic heterocycles. The van der Waals surface area contributed by atoms with Crippen molar-refractivity contribution >= 4 is 23.5 Å². The molecule has 4 fully saturated rings. The fraction of sp³-hybridized carbons (Fsp3) is 0.632. The molecule has 1 aromatic rings. The van der Waals surface area contributed by atoms with E-state index in [1.54, 1.807) is 0 Å². The van der Waals surface area contributed by atoms with Gasteiger partial charge in [0.2, 0.25) is 0 Å². The Morgan fingerprint density at radius 3 is 2.58 bits per heavy atom. The maximum Gasteiger partial charge on any atom is 0.323 e. The van der Waals surface area contributed by atoms with Crippen molar-refractivity contribution < 1.29 is 4.79 Å². The van der Waals surface area contributed by atoms with Crippen LogP contribution >= 0.6 is 11.8 Å². The molecule has 1 aromatic carbocycles. The van der Waals surface area contributed by atoms with Crippen LogP contribution < -0.4 is 10.2 Å². The number of urea groups is 1. The van der Waals surface area contributed by atoms with Crippen molar-refractivity contribution in [3.63, 3.8) is 0 Å². The zero-order valence-electron chi connectivity index (χ0n) is 14.1. The van der Waals surface area contributed by atoms with Crippen LogP contribution in [0.2, 0.25) is 0 Å². The number of benzene rings is 1. The number of para-hydroxylation sites is 1. The fourth-order valence-electron chi connectivity index (χ4n) is 4.75. The number of piperidine rings is 3. The molecule has 1 aliphatic carbocycles. The van der Waals surface area contributed by atoms with Gasteiger partial charge >= 0.3 is 6.03 Å². The van der Waals surface area contributed by atoms with E-state index in [1.165, 1.54) is 43.7 Å². The summed E-state index contributed by atoms with van der Waals surface area (Å²) in [5.74, 6) is 1.32. The normalized spacial score (nSPS) is 37.4. The van der Waals surface area contributed by atoms with Gasteiger partial charge in [-0.05, 0) is 69.7 Å². The fourth-order valence-corrected chi connectivity index (χ4v) is 6.23. The first kappa shape index (κ1) is 15.1. The molecule has 4 nitrogen and oxygen atoms in total. The molecule has 4 heterocycles. The number of nitrogens with one attached hydrogen (secondary N) is 1. The van der Waals surface area contributed by atoms with Gasteiger partial charge in [0.15, 0.2) is 0 Å². The maximum absolute atomic E-state index is 13.2. The molecule has 5 heteroatoms. The lowest BCUT2D eigenvalue weighted by Crippen LogP contribution is -2.64. The molecule has 24 heavy (non-hydrogen) atoms. The summed E-state index contributed by atoms with van der Waals surface area (Å²) in [7, 11) is 0. The van der Waals surface area contributed by atoms with E-state index in [0.29, 0.717) is 29.3 Å². The molecular weight excluding hydrogens is 318 g/mol. The van der Waals surface area contributed by atoms with E-state index in [1.807, 2.05) is 17.8 Å². The Balaban J connectivity index is 1.39. The van der Waals surface area contributed by atoms with Crippen LogP contribution in [-0.2, 0) is 0 Å². The minimum absolute atomic E-state index is 0.120. The average molecular weight is 343 g/mol. The van der Waals surface area contributed by atoms with E-state index in [4.69, 9.17) is 0 Å². The van der Waals surface area contributed by atoms with E-state index in [2.05, 4.69) is 40.2 Å². The van der Waals surface area contributed by atoms with Gasteiger partial charge in [0.1, 0.15) is 0 Å². The Labute approximate surface area is 148 Å². The molecule has 0 aromatic heterocycles. The third-order valence-electron chi connectivity index (χ3n) is 6.34. The number of hydrogen-bond donors (Lipinski definition) is 1. The van der Waals surface area contributed by atoms with Crippen molar-refractivity contribution in [2.45, 2.75) is 55.0 Å². The Bertz CT molecular complexity index is 652. The molecule has 1 unspecified atom stereocenters. The molecule has 0 radical (unpaired) electrons.